The molecule has 16 heavy (non-hydrogen) atoms. The van der Waals surface area contributed by atoms with Crippen LogP contribution >= 0.6 is 0 Å². The normalized spacial score (nSPS) is 14.9. The molecule has 1 aromatic carbocycles. The predicted molar refractivity (Wildman–Crippen MR) is 67.0 cm³/mol. The van der Waals surface area contributed by atoms with Gasteiger partial charge in [0.2, 0.25) is 0 Å². The molecule has 1 aromatic rings. The molecule has 0 saturated carbocycles. The molecule has 0 aliphatic heterocycles. The summed E-state index contributed by atoms with van der Waals surface area (Å²) in [7, 11) is 0. The molecule has 0 fully saturated rings. The van der Waals surface area contributed by atoms with E-state index in [1.165, 1.54) is 11.1 Å². The van der Waals surface area contributed by atoms with E-state index in [4.69, 9.17) is 4.74 Å². The second kappa shape index (κ2) is 5.35. The molecule has 0 aliphatic carbocycles. The van der Waals surface area contributed by atoms with Gasteiger partial charge in [0.25, 0.3) is 0 Å². The summed E-state index contributed by atoms with van der Waals surface area (Å²) in [4.78, 5) is 0. The maximum atomic E-state index is 9.37. The highest BCUT2D eigenvalue weighted by Gasteiger charge is 2.11. The fourth-order valence-electron chi connectivity index (χ4n) is 1.68. The van der Waals surface area contributed by atoms with Gasteiger partial charge in [-0.2, -0.15) is 0 Å². The minimum Gasteiger partial charge on any atom is -0.488 e. The fraction of sp³-hybridized carbons (Fsp3) is 0.571. The van der Waals surface area contributed by atoms with Gasteiger partial charge in [0.05, 0.1) is 6.10 Å². The first-order valence-electron chi connectivity index (χ1n) is 5.87. The molecule has 0 heterocycles. The van der Waals surface area contributed by atoms with Crippen molar-refractivity contribution in [3.05, 3.63) is 29.3 Å². The zero-order valence-corrected chi connectivity index (χ0v) is 10.8. The summed E-state index contributed by atoms with van der Waals surface area (Å²) in [5.41, 5.74) is 2.59. The van der Waals surface area contributed by atoms with Crippen LogP contribution < -0.4 is 4.74 Å². The Morgan fingerprint density at radius 2 is 1.75 bits per heavy atom. The summed E-state index contributed by atoms with van der Waals surface area (Å²) in [6.45, 7) is 10.1. The Bertz CT molecular complexity index is 343. The second-order valence-electron chi connectivity index (χ2n) is 4.74. The van der Waals surface area contributed by atoms with Gasteiger partial charge in [-0.15, -0.1) is 0 Å². The van der Waals surface area contributed by atoms with Crippen LogP contribution in [-0.2, 0) is 0 Å². The highest BCUT2D eigenvalue weighted by Crippen LogP contribution is 2.24. The number of aliphatic hydroxyl groups excluding tert-OH is 1. The average molecular weight is 222 g/mol. The van der Waals surface area contributed by atoms with Gasteiger partial charge in [0, 0.05) is 0 Å². The zero-order chi connectivity index (χ0) is 12.3. The average Bonchev–Trinajstić information content (AvgIpc) is 2.16. The van der Waals surface area contributed by atoms with Crippen LogP contribution in [0.4, 0.5) is 0 Å². The quantitative estimate of drug-likeness (QED) is 0.847. The van der Waals surface area contributed by atoms with Crippen LogP contribution in [0.25, 0.3) is 0 Å². The van der Waals surface area contributed by atoms with Crippen molar-refractivity contribution >= 4 is 0 Å². The third kappa shape index (κ3) is 3.24. The summed E-state index contributed by atoms with van der Waals surface area (Å²) in [6, 6.07) is 6.11. The van der Waals surface area contributed by atoms with Gasteiger partial charge < -0.3 is 9.84 Å². The van der Waals surface area contributed by atoms with E-state index in [-0.39, 0.29) is 6.10 Å². The van der Waals surface area contributed by atoms with Crippen molar-refractivity contribution in [1.82, 2.24) is 0 Å². The number of aryl methyl sites for hydroxylation is 1. The molecule has 0 saturated heterocycles. The Balaban J connectivity index is 2.81. The maximum Gasteiger partial charge on any atom is 0.121 e. The van der Waals surface area contributed by atoms with Crippen LogP contribution in [0.2, 0.25) is 0 Å². The molecule has 0 bridgehead atoms. The highest BCUT2D eigenvalue weighted by molar-refractivity contribution is 5.36. The predicted octanol–water partition coefficient (Wildman–Crippen LogP) is 3.27. The van der Waals surface area contributed by atoms with Crippen LogP contribution in [0.5, 0.6) is 5.75 Å². The molecule has 0 spiro atoms. The molecule has 2 unspecified atom stereocenters. The van der Waals surface area contributed by atoms with Crippen molar-refractivity contribution in [3.63, 3.8) is 0 Å². The molecule has 0 radical (unpaired) electrons. The minimum absolute atomic E-state index is 0.177. The maximum absolute atomic E-state index is 9.37. The van der Waals surface area contributed by atoms with Gasteiger partial charge in [0.15, 0.2) is 0 Å². The summed E-state index contributed by atoms with van der Waals surface area (Å²) in [6.07, 6.45) is -0.630. The third-order valence-corrected chi connectivity index (χ3v) is 2.86. The van der Waals surface area contributed by atoms with Gasteiger partial charge in [-0.05, 0) is 49.9 Å². The Labute approximate surface area is 98.3 Å². The number of aliphatic hydroxyl groups is 1. The summed E-state index contributed by atoms with van der Waals surface area (Å²) < 4.78 is 5.64. The minimum atomic E-state index is -0.454. The van der Waals surface area contributed by atoms with Gasteiger partial charge in [0.1, 0.15) is 11.9 Å². The highest BCUT2D eigenvalue weighted by atomic mass is 16.5. The molecule has 0 aliphatic rings. The monoisotopic (exact) mass is 222 g/mol. The second-order valence-corrected chi connectivity index (χ2v) is 4.74. The first kappa shape index (κ1) is 13.0. The van der Waals surface area contributed by atoms with E-state index in [1.807, 2.05) is 19.1 Å². The van der Waals surface area contributed by atoms with Crippen molar-refractivity contribution in [2.45, 2.75) is 52.7 Å². The van der Waals surface area contributed by atoms with Gasteiger partial charge in [-0.3, -0.25) is 0 Å². The molecular formula is C14H22O2. The number of hydrogen-bond acceptors (Lipinski definition) is 2. The standard InChI is InChI=1S/C14H22O2/c1-9(2)14-7-6-13(8-10(14)3)16-12(5)11(4)15/h6-9,11-12,15H,1-5H3. The first-order chi connectivity index (χ1) is 7.41. The lowest BCUT2D eigenvalue weighted by molar-refractivity contribution is 0.0604. The van der Waals surface area contributed by atoms with Crippen molar-refractivity contribution in [2.75, 3.05) is 0 Å². The molecule has 1 rings (SSSR count). The van der Waals surface area contributed by atoms with E-state index < -0.39 is 6.10 Å². The van der Waals surface area contributed by atoms with Crippen molar-refractivity contribution in [2.24, 2.45) is 0 Å². The molecule has 0 amide bonds. The molecule has 1 N–H and O–H groups in total. The van der Waals surface area contributed by atoms with Crippen LogP contribution in [0.1, 0.15) is 44.7 Å². The largest absolute Gasteiger partial charge is 0.488 e. The molecule has 0 aromatic heterocycles. The molecular weight excluding hydrogens is 200 g/mol. The number of hydrogen-bond donors (Lipinski definition) is 1. The number of benzene rings is 1. The third-order valence-electron chi connectivity index (χ3n) is 2.86. The Hall–Kier alpha value is -1.02. The van der Waals surface area contributed by atoms with Crippen LogP contribution in [0.15, 0.2) is 18.2 Å². The molecule has 2 nitrogen and oxygen atoms in total. The smallest absolute Gasteiger partial charge is 0.121 e. The first-order valence-corrected chi connectivity index (χ1v) is 5.87. The fourth-order valence-corrected chi connectivity index (χ4v) is 1.68. The number of rotatable bonds is 4. The van der Waals surface area contributed by atoms with E-state index in [0.29, 0.717) is 5.92 Å². The lowest BCUT2D eigenvalue weighted by Crippen LogP contribution is -2.25. The van der Waals surface area contributed by atoms with Crippen molar-refractivity contribution in [3.8, 4) is 5.75 Å². The lowest BCUT2D eigenvalue weighted by Gasteiger charge is -2.18. The van der Waals surface area contributed by atoms with Gasteiger partial charge in [-0.1, -0.05) is 19.9 Å². The van der Waals surface area contributed by atoms with E-state index >= 15 is 0 Å². The number of ether oxygens (including phenoxy) is 1. The summed E-state index contributed by atoms with van der Waals surface area (Å²) in [5.74, 6) is 1.36. The summed E-state index contributed by atoms with van der Waals surface area (Å²) >= 11 is 0. The Morgan fingerprint density at radius 3 is 2.19 bits per heavy atom. The van der Waals surface area contributed by atoms with Crippen molar-refractivity contribution in [1.29, 1.82) is 0 Å². The van der Waals surface area contributed by atoms with Gasteiger partial charge in [-0.25, -0.2) is 0 Å². The Kier molecular flexibility index (Phi) is 4.36. The van der Waals surface area contributed by atoms with Gasteiger partial charge >= 0.3 is 0 Å². The van der Waals surface area contributed by atoms with E-state index in [1.54, 1.807) is 6.92 Å². The van der Waals surface area contributed by atoms with E-state index in [2.05, 4.69) is 26.8 Å². The Morgan fingerprint density at radius 1 is 1.12 bits per heavy atom. The molecule has 2 heteroatoms. The molecule has 2 atom stereocenters. The van der Waals surface area contributed by atoms with Crippen molar-refractivity contribution < 1.29 is 9.84 Å². The van der Waals surface area contributed by atoms with E-state index in [0.717, 1.165) is 5.75 Å². The topological polar surface area (TPSA) is 29.5 Å². The van der Waals surface area contributed by atoms with E-state index in [9.17, 15) is 5.11 Å². The lowest BCUT2D eigenvalue weighted by atomic mass is 9.98. The van der Waals surface area contributed by atoms with Crippen LogP contribution in [0.3, 0.4) is 0 Å². The van der Waals surface area contributed by atoms with Crippen LogP contribution in [0, 0.1) is 6.92 Å². The SMILES string of the molecule is Cc1cc(OC(C)C(C)O)ccc1C(C)C. The van der Waals surface area contributed by atoms with Crippen LogP contribution in [-0.4, -0.2) is 17.3 Å². The molecule has 90 valence electrons. The zero-order valence-electron chi connectivity index (χ0n) is 10.8. The summed E-state index contributed by atoms with van der Waals surface area (Å²) in [5, 5.41) is 9.37.